The molecule has 0 saturated carbocycles. The Morgan fingerprint density at radius 1 is 1.53 bits per heavy atom. The minimum Gasteiger partial charge on any atom is -0.395 e. The third kappa shape index (κ3) is 2.99. The largest absolute Gasteiger partial charge is 0.395 e. The summed E-state index contributed by atoms with van der Waals surface area (Å²) in [6, 6.07) is 0.160. The van der Waals surface area contributed by atoms with Gasteiger partial charge in [-0.3, -0.25) is 9.48 Å². The molecule has 0 aliphatic heterocycles. The summed E-state index contributed by atoms with van der Waals surface area (Å²) in [7, 11) is 0. The molecule has 0 spiro atoms. The number of aryl methyl sites for hydroxylation is 2. The monoisotopic (exact) mass is 238 g/mol. The van der Waals surface area contributed by atoms with Crippen LogP contribution in [-0.4, -0.2) is 21.7 Å². The Bertz CT molecular complexity index is 397. The summed E-state index contributed by atoms with van der Waals surface area (Å²) in [5.41, 5.74) is 7.55. The van der Waals surface area contributed by atoms with E-state index in [4.69, 9.17) is 5.73 Å². The molecule has 96 valence electrons. The SMILES string of the molecule is CCCC(C)NC(=O)c1c(N)c(C)nn1CC. The molecule has 1 atom stereocenters. The van der Waals surface area contributed by atoms with Crippen LogP contribution < -0.4 is 11.1 Å². The summed E-state index contributed by atoms with van der Waals surface area (Å²) in [4.78, 5) is 12.1. The van der Waals surface area contributed by atoms with Gasteiger partial charge in [-0.25, -0.2) is 0 Å². The zero-order chi connectivity index (χ0) is 13.0. The molecule has 1 rings (SSSR count). The maximum Gasteiger partial charge on any atom is 0.271 e. The van der Waals surface area contributed by atoms with Crippen molar-refractivity contribution < 1.29 is 4.79 Å². The Morgan fingerprint density at radius 3 is 2.71 bits per heavy atom. The van der Waals surface area contributed by atoms with Gasteiger partial charge >= 0.3 is 0 Å². The normalized spacial score (nSPS) is 12.5. The lowest BCUT2D eigenvalue weighted by molar-refractivity contribution is 0.0928. The first-order chi connectivity index (χ1) is 8.01. The van der Waals surface area contributed by atoms with Gasteiger partial charge in [-0.15, -0.1) is 0 Å². The standard InChI is InChI=1S/C12H22N4O/c1-5-7-8(3)14-12(17)11-10(13)9(4)15-16(11)6-2/h8H,5-7,13H2,1-4H3,(H,14,17). The van der Waals surface area contributed by atoms with Crippen LogP contribution in [0.4, 0.5) is 5.69 Å². The van der Waals surface area contributed by atoms with Crippen molar-refractivity contribution in [2.75, 3.05) is 5.73 Å². The molecule has 0 aliphatic carbocycles. The highest BCUT2D eigenvalue weighted by Gasteiger charge is 2.19. The number of hydrogen-bond donors (Lipinski definition) is 2. The highest BCUT2D eigenvalue weighted by molar-refractivity contribution is 5.98. The number of carbonyl (C=O) groups is 1. The highest BCUT2D eigenvalue weighted by Crippen LogP contribution is 2.16. The fourth-order valence-corrected chi connectivity index (χ4v) is 1.86. The number of hydrogen-bond acceptors (Lipinski definition) is 3. The first-order valence-electron chi connectivity index (χ1n) is 6.14. The summed E-state index contributed by atoms with van der Waals surface area (Å²) in [6.45, 7) is 8.49. The number of nitrogens with zero attached hydrogens (tertiary/aromatic N) is 2. The maximum atomic E-state index is 12.1. The van der Waals surface area contributed by atoms with E-state index in [-0.39, 0.29) is 11.9 Å². The van der Waals surface area contributed by atoms with E-state index in [1.54, 1.807) is 4.68 Å². The second-order valence-electron chi connectivity index (χ2n) is 4.33. The van der Waals surface area contributed by atoms with Crippen molar-refractivity contribution in [2.24, 2.45) is 0 Å². The molecule has 17 heavy (non-hydrogen) atoms. The van der Waals surface area contributed by atoms with Crippen LogP contribution in [0.5, 0.6) is 0 Å². The van der Waals surface area contributed by atoms with Crippen LogP contribution in [0.2, 0.25) is 0 Å². The lowest BCUT2D eigenvalue weighted by Crippen LogP contribution is -2.34. The van der Waals surface area contributed by atoms with Crippen LogP contribution in [-0.2, 0) is 6.54 Å². The predicted octanol–water partition coefficient (Wildman–Crippen LogP) is 1.71. The van der Waals surface area contributed by atoms with Gasteiger partial charge in [0.2, 0.25) is 0 Å². The van der Waals surface area contributed by atoms with Crippen LogP contribution in [0.15, 0.2) is 0 Å². The molecular weight excluding hydrogens is 216 g/mol. The van der Waals surface area contributed by atoms with Crippen molar-refractivity contribution in [3.05, 3.63) is 11.4 Å². The Morgan fingerprint density at radius 2 is 2.18 bits per heavy atom. The molecule has 0 bridgehead atoms. The summed E-state index contributed by atoms with van der Waals surface area (Å²) in [5.74, 6) is -0.133. The van der Waals surface area contributed by atoms with Crippen LogP contribution in [0.1, 0.15) is 49.8 Å². The van der Waals surface area contributed by atoms with E-state index in [2.05, 4.69) is 17.3 Å². The smallest absolute Gasteiger partial charge is 0.271 e. The predicted molar refractivity (Wildman–Crippen MR) is 68.9 cm³/mol. The fraction of sp³-hybridized carbons (Fsp3) is 0.667. The average Bonchev–Trinajstić information content (AvgIpc) is 2.55. The van der Waals surface area contributed by atoms with Crippen molar-refractivity contribution in [2.45, 2.75) is 53.1 Å². The molecule has 0 fully saturated rings. The molecule has 1 unspecified atom stereocenters. The van der Waals surface area contributed by atoms with E-state index in [0.29, 0.717) is 23.6 Å². The Hall–Kier alpha value is -1.52. The van der Waals surface area contributed by atoms with E-state index in [1.807, 2.05) is 20.8 Å². The van der Waals surface area contributed by atoms with Crippen molar-refractivity contribution in [1.82, 2.24) is 15.1 Å². The topological polar surface area (TPSA) is 72.9 Å². The summed E-state index contributed by atoms with van der Waals surface area (Å²) in [6.07, 6.45) is 2.01. The molecule has 5 heteroatoms. The lowest BCUT2D eigenvalue weighted by Gasteiger charge is -2.13. The number of amides is 1. The minimum absolute atomic E-state index is 0.133. The Balaban J connectivity index is 2.88. The average molecular weight is 238 g/mol. The van der Waals surface area contributed by atoms with Crippen molar-refractivity contribution in [3.63, 3.8) is 0 Å². The van der Waals surface area contributed by atoms with Crippen molar-refractivity contribution >= 4 is 11.6 Å². The molecule has 1 heterocycles. The van der Waals surface area contributed by atoms with Gasteiger partial charge < -0.3 is 11.1 Å². The van der Waals surface area contributed by atoms with Crippen molar-refractivity contribution in [3.8, 4) is 0 Å². The van der Waals surface area contributed by atoms with E-state index in [9.17, 15) is 4.79 Å². The second-order valence-corrected chi connectivity index (χ2v) is 4.33. The number of rotatable bonds is 5. The van der Waals surface area contributed by atoms with Gasteiger partial charge in [0, 0.05) is 12.6 Å². The van der Waals surface area contributed by atoms with Crippen LogP contribution in [0.25, 0.3) is 0 Å². The Labute approximate surface area is 102 Å². The lowest BCUT2D eigenvalue weighted by atomic mass is 10.2. The molecule has 0 aromatic carbocycles. The summed E-state index contributed by atoms with van der Waals surface area (Å²) in [5, 5.41) is 7.18. The number of nitrogen functional groups attached to an aromatic ring is 1. The van der Waals surface area contributed by atoms with Gasteiger partial charge in [0.15, 0.2) is 0 Å². The summed E-state index contributed by atoms with van der Waals surface area (Å²) < 4.78 is 1.65. The number of aromatic nitrogens is 2. The fourth-order valence-electron chi connectivity index (χ4n) is 1.86. The van der Waals surface area contributed by atoms with Crippen LogP contribution in [0, 0.1) is 6.92 Å². The van der Waals surface area contributed by atoms with E-state index in [1.165, 1.54) is 0 Å². The van der Waals surface area contributed by atoms with Crippen molar-refractivity contribution in [1.29, 1.82) is 0 Å². The number of nitrogens with one attached hydrogen (secondary N) is 1. The quantitative estimate of drug-likeness (QED) is 0.820. The molecule has 0 radical (unpaired) electrons. The zero-order valence-corrected chi connectivity index (χ0v) is 11.1. The number of carbonyl (C=O) groups excluding carboxylic acids is 1. The van der Waals surface area contributed by atoms with E-state index in [0.717, 1.165) is 12.8 Å². The maximum absolute atomic E-state index is 12.1. The van der Waals surface area contributed by atoms with Gasteiger partial charge in [0.25, 0.3) is 5.91 Å². The third-order valence-corrected chi connectivity index (χ3v) is 2.79. The van der Waals surface area contributed by atoms with Gasteiger partial charge in [-0.05, 0) is 27.2 Å². The number of anilines is 1. The molecule has 0 aliphatic rings. The van der Waals surface area contributed by atoms with Gasteiger partial charge in [0.05, 0.1) is 11.4 Å². The molecule has 3 N–H and O–H groups in total. The summed E-state index contributed by atoms with van der Waals surface area (Å²) >= 11 is 0. The number of nitrogens with two attached hydrogens (primary N) is 1. The van der Waals surface area contributed by atoms with Gasteiger partial charge in [-0.1, -0.05) is 13.3 Å². The molecular formula is C12H22N4O. The molecule has 5 nitrogen and oxygen atoms in total. The molecule has 0 saturated heterocycles. The van der Waals surface area contributed by atoms with Crippen LogP contribution >= 0.6 is 0 Å². The zero-order valence-electron chi connectivity index (χ0n) is 11.1. The first-order valence-corrected chi connectivity index (χ1v) is 6.14. The molecule has 1 amide bonds. The second kappa shape index (κ2) is 5.70. The Kier molecular flexibility index (Phi) is 4.54. The van der Waals surface area contributed by atoms with Crippen LogP contribution in [0.3, 0.4) is 0 Å². The first kappa shape index (κ1) is 13.5. The minimum atomic E-state index is -0.133. The highest BCUT2D eigenvalue weighted by atomic mass is 16.2. The molecule has 1 aromatic heterocycles. The third-order valence-electron chi connectivity index (χ3n) is 2.79. The van der Waals surface area contributed by atoms with Gasteiger partial charge in [-0.2, -0.15) is 5.10 Å². The van der Waals surface area contributed by atoms with Gasteiger partial charge in [0.1, 0.15) is 5.69 Å². The molecule has 1 aromatic rings. The van der Waals surface area contributed by atoms with E-state index < -0.39 is 0 Å². The van der Waals surface area contributed by atoms with E-state index >= 15 is 0 Å².